The fourth-order valence-corrected chi connectivity index (χ4v) is 3.82. The largest absolute Gasteiger partial charge is 0.325 e. The van der Waals surface area contributed by atoms with Crippen molar-refractivity contribution < 1.29 is 4.79 Å². The summed E-state index contributed by atoms with van der Waals surface area (Å²) < 4.78 is 2.16. The number of thioether (sulfide) groups is 1. The van der Waals surface area contributed by atoms with Crippen LogP contribution in [-0.4, -0.2) is 31.4 Å². The molecular weight excluding hydrogens is 370 g/mol. The van der Waals surface area contributed by atoms with Crippen molar-refractivity contribution in [3.8, 4) is 11.4 Å². The molecule has 2 heterocycles. The molecule has 1 aliphatic rings. The number of aromatic nitrogens is 4. The molecule has 0 atom stereocenters. The molecule has 3 aromatic rings. The van der Waals surface area contributed by atoms with Crippen LogP contribution < -0.4 is 5.32 Å². The molecule has 6 nitrogen and oxygen atoms in total. The van der Waals surface area contributed by atoms with Gasteiger partial charge in [0.25, 0.3) is 0 Å². The van der Waals surface area contributed by atoms with E-state index in [1.807, 2.05) is 24.3 Å². The van der Waals surface area contributed by atoms with Crippen molar-refractivity contribution in [1.82, 2.24) is 19.7 Å². The minimum absolute atomic E-state index is 0.0434. The molecule has 0 saturated heterocycles. The standard InChI is InChI=1S/C21H23N5OS/c1-14(2)15-3-5-17(6-4-15)23-19(27)13-28-21-25-24-20(26(21)18-7-8-18)16-9-11-22-12-10-16/h3-6,9-12,14,18H,7-8,13H2,1-2H3,(H,23,27). The van der Waals surface area contributed by atoms with Crippen molar-refractivity contribution in [2.24, 2.45) is 0 Å². The molecule has 1 N–H and O–H groups in total. The summed E-state index contributed by atoms with van der Waals surface area (Å²) in [4.78, 5) is 16.4. The van der Waals surface area contributed by atoms with E-state index in [4.69, 9.17) is 0 Å². The van der Waals surface area contributed by atoms with E-state index in [1.54, 1.807) is 12.4 Å². The molecule has 0 spiro atoms. The Morgan fingerprint density at radius 1 is 1.14 bits per heavy atom. The van der Waals surface area contributed by atoms with E-state index in [0.29, 0.717) is 17.7 Å². The first-order valence-electron chi connectivity index (χ1n) is 9.49. The molecule has 7 heteroatoms. The Kier molecular flexibility index (Phi) is 5.43. The lowest BCUT2D eigenvalue weighted by atomic mass is 10.0. The van der Waals surface area contributed by atoms with Gasteiger partial charge in [-0.1, -0.05) is 37.7 Å². The van der Waals surface area contributed by atoms with Gasteiger partial charge < -0.3 is 5.32 Å². The summed E-state index contributed by atoms with van der Waals surface area (Å²) in [7, 11) is 0. The summed E-state index contributed by atoms with van der Waals surface area (Å²) in [6.07, 6.45) is 5.76. The summed E-state index contributed by atoms with van der Waals surface area (Å²) in [5, 5.41) is 12.5. The van der Waals surface area contributed by atoms with Crippen LogP contribution in [0.15, 0.2) is 53.9 Å². The number of pyridine rings is 1. The summed E-state index contributed by atoms with van der Waals surface area (Å²) in [6, 6.07) is 12.3. The lowest BCUT2D eigenvalue weighted by Crippen LogP contribution is -2.14. The number of hydrogen-bond donors (Lipinski definition) is 1. The van der Waals surface area contributed by atoms with E-state index < -0.39 is 0 Å². The quantitative estimate of drug-likeness (QED) is 0.597. The molecule has 0 radical (unpaired) electrons. The monoisotopic (exact) mass is 393 g/mol. The average Bonchev–Trinajstić information content (AvgIpc) is 3.46. The van der Waals surface area contributed by atoms with Crippen LogP contribution in [0, 0.1) is 0 Å². The molecule has 0 unspecified atom stereocenters. The lowest BCUT2D eigenvalue weighted by Gasteiger charge is -2.10. The minimum atomic E-state index is -0.0434. The zero-order chi connectivity index (χ0) is 19.5. The van der Waals surface area contributed by atoms with Crippen molar-refractivity contribution in [1.29, 1.82) is 0 Å². The number of rotatable bonds is 7. The second-order valence-electron chi connectivity index (χ2n) is 7.26. The van der Waals surface area contributed by atoms with Gasteiger partial charge in [0, 0.05) is 29.7 Å². The molecule has 1 aromatic carbocycles. The Labute approximate surface area is 168 Å². The highest BCUT2D eigenvalue weighted by atomic mass is 32.2. The Bertz CT molecular complexity index is 949. The predicted octanol–water partition coefficient (Wildman–Crippen LogP) is 4.53. The van der Waals surface area contributed by atoms with E-state index in [2.05, 4.69) is 51.0 Å². The van der Waals surface area contributed by atoms with Gasteiger partial charge in [-0.15, -0.1) is 10.2 Å². The number of carbonyl (C=O) groups excluding carboxylic acids is 1. The fourth-order valence-electron chi connectivity index (χ4n) is 3.01. The van der Waals surface area contributed by atoms with Gasteiger partial charge in [0.15, 0.2) is 11.0 Å². The zero-order valence-electron chi connectivity index (χ0n) is 16.0. The molecule has 144 valence electrons. The number of benzene rings is 1. The van der Waals surface area contributed by atoms with E-state index in [1.165, 1.54) is 17.3 Å². The number of anilines is 1. The number of nitrogens with zero attached hydrogens (tertiary/aromatic N) is 4. The first kappa shape index (κ1) is 18.7. The Morgan fingerprint density at radius 2 is 1.86 bits per heavy atom. The molecule has 2 aromatic heterocycles. The van der Waals surface area contributed by atoms with E-state index in [0.717, 1.165) is 35.1 Å². The van der Waals surface area contributed by atoms with E-state index in [-0.39, 0.29) is 5.91 Å². The molecule has 1 fully saturated rings. The third-order valence-corrected chi connectivity index (χ3v) is 5.65. The maximum absolute atomic E-state index is 12.4. The van der Waals surface area contributed by atoms with Gasteiger partial charge in [-0.2, -0.15) is 0 Å². The molecule has 1 amide bonds. The maximum Gasteiger partial charge on any atom is 0.234 e. The summed E-state index contributed by atoms with van der Waals surface area (Å²) >= 11 is 1.43. The van der Waals surface area contributed by atoms with E-state index >= 15 is 0 Å². The summed E-state index contributed by atoms with van der Waals surface area (Å²) in [5.41, 5.74) is 3.07. The molecule has 28 heavy (non-hydrogen) atoms. The summed E-state index contributed by atoms with van der Waals surface area (Å²) in [6.45, 7) is 4.31. The minimum Gasteiger partial charge on any atom is -0.325 e. The molecule has 4 rings (SSSR count). The van der Waals surface area contributed by atoms with Gasteiger partial charge in [-0.25, -0.2) is 0 Å². The highest BCUT2D eigenvalue weighted by Crippen LogP contribution is 2.40. The number of carbonyl (C=O) groups is 1. The van der Waals surface area contributed by atoms with Crippen molar-refractivity contribution >= 4 is 23.4 Å². The molecular formula is C21H23N5OS. The van der Waals surface area contributed by atoms with Crippen molar-refractivity contribution in [2.75, 3.05) is 11.1 Å². The third-order valence-electron chi connectivity index (χ3n) is 4.71. The lowest BCUT2D eigenvalue weighted by molar-refractivity contribution is -0.113. The Balaban J connectivity index is 1.42. The van der Waals surface area contributed by atoms with Gasteiger partial charge in [-0.05, 0) is 48.6 Å². The second kappa shape index (κ2) is 8.14. The van der Waals surface area contributed by atoms with Gasteiger partial charge in [-0.3, -0.25) is 14.3 Å². The Morgan fingerprint density at radius 3 is 2.50 bits per heavy atom. The van der Waals surface area contributed by atoms with Crippen LogP contribution in [0.5, 0.6) is 0 Å². The predicted molar refractivity (Wildman–Crippen MR) is 111 cm³/mol. The van der Waals surface area contributed by atoms with Gasteiger partial charge in [0.1, 0.15) is 0 Å². The topological polar surface area (TPSA) is 72.7 Å². The third kappa shape index (κ3) is 4.25. The van der Waals surface area contributed by atoms with Gasteiger partial charge in [0.05, 0.1) is 5.75 Å². The molecule has 0 bridgehead atoms. The van der Waals surface area contributed by atoms with Crippen LogP contribution in [0.2, 0.25) is 0 Å². The van der Waals surface area contributed by atoms with Crippen LogP contribution in [0.3, 0.4) is 0 Å². The Hall–Kier alpha value is -2.67. The number of amides is 1. The van der Waals surface area contributed by atoms with Crippen molar-refractivity contribution in [3.63, 3.8) is 0 Å². The van der Waals surface area contributed by atoms with Crippen molar-refractivity contribution in [3.05, 3.63) is 54.4 Å². The number of hydrogen-bond acceptors (Lipinski definition) is 5. The smallest absolute Gasteiger partial charge is 0.234 e. The average molecular weight is 394 g/mol. The molecule has 1 aliphatic carbocycles. The first-order valence-corrected chi connectivity index (χ1v) is 10.5. The fraction of sp³-hybridized carbons (Fsp3) is 0.333. The van der Waals surface area contributed by atoms with Crippen LogP contribution in [0.25, 0.3) is 11.4 Å². The van der Waals surface area contributed by atoms with Gasteiger partial charge in [0.2, 0.25) is 5.91 Å². The second-order valence-corrected chi connectivity index (χ2v) is 8.20. The first-order chi connectivity index (χ1) is 13.6. The van der Waals surface area contributed by atoms with Crippen LogP contribution in [-0.2, 0) is 4.79 Å². The molecule has 1 saturated carbocycles. The van der Waals surface area contributed by atoms with Crippen molar-refractivity contribution in [2.45, 2.75) is 43.8 Å². The maximum atomic E-state index is 12.4. The zero-order valence-corrected chi connectivity index (χ0v) is 16.8. The van der Waals surface area contributed by atoms with Crippen LogP contribution >= 0.6 is 11.8 Å². The van der Waals surface area contributed by atoms with Gasteiger partial charge >= 0.3 is 0 Å². The summed E-state index contributed by atoms with van der Waals surface area (Å²) in [5.74, 6) is 1.58. The van der Waals surface area contributed by atoms with Crippen LogP contribution in [0.1, 0.15) is 44.2 Å². The number of nitrogens with one attached hydrogen (secondary N) is 1. The van der Waals surface area contributed by atoms with E-state index in [9.17, 15) is 4.79 Å². The normalized spacial score (nSPS) is 13.7. The SMILES string of the molecule is CC(C)c1ccc(NC(=O)CSc2nnc(-c3ccncc3)n2C2CC2)cc1. The van der Waals surface area contributed by atoms with Crippen LogP contribution in [0.4, 0.5) is 5.69 Å². The molecule has 0 aliphatic heterocycles. The highest BCUT2D eigenvalue weighted by Gasteiger charge is 2.30. The highest BCUT2D eigenvalue weighted by molar-refractivity contribution is 7.99.